The Balaban J connectivity index is 1.59. The number of carbonyl (C=O) groups excluding carboxylic acids is 1. The van der Waals surface area contributed by atoms with Crippen LogP contribution < -0.4 is 4.31 Å². The first-order valence-electron chi connectivity index (χ1n) is 11.2. The van der Waals surface area contributed by atoms with E-state index in [1.54, 1.807) is 16.4 Å². The Bertz CT molecular complexity index is 1240. The van der Waals surface area contributed by atoms with Crippen molar-refractivity contribution in [3.63, 3.8) is 0 Å². The first-order chi connectivity index (χ1) is 15.4. The molecule has 166 valence electrons. The smallest absolute Gasteiger partial charge is 0.307 e. The van der Waals surface area contributed by atoms with Crippen LogP contribution in [0.15, 0.2) is 65.1 Å². The molecule has 0 radical (unpaired) electrons. The fourth-order valence-electron chi connectivity index (χ4n) is 6.20. The van der Waals surface area contributed by atoms with Gasteiger partial charge in [0.05, 0.1) is 23.0 Å². The summed E-state index contributed by atoms with van der Waals surface area (Å²) in [6.07, 6.45) is 3.84. The lowest BCUT2D eigenvalue weighted by Crippen LogP contribution is -2.65. The van der Waals surface area contributed by atoms with Crippen LogP contribution in [0.3, 0.4) is 0 Å². The number of hydrogen-bond acceptors (Lipinski definition) is 5. The van der Waals surface area contributed by atoms with Crippen LogP contribution in [0.25, 0.3) is 0 Å². The van der Waals surface area contributed by atoms with Crippen LogP contribution in [0.2, 0.25) is 0 Å². The molecule has 4 bridgehead atoms. The summed E-state index contributed by atoms with van der Waals surface area (Å²) in [7, 11) is -3.83. The van der Waals surface area contributed by atoms with Gasteiger partial charge in [-0.25, -0.2) is 8.42 Å². The zero-order valence-electron chi connectivity index (χ0n) is 18.0. The van der Waals surface area contributed by atoms with Gasteiger partial charge in [-0.3, -0.25) is 14.0 Å². The Labute approximate surface area is 188 Å². The van der Waals surface area contributed by atoms with E-state index in [2.05, 4.69) is 11.0 Å². The molecule has 8 rings (SSSR count). The first kappa shape index (κ1) is 20.0. The third-order valence-electron chi connectivity index (χ3n) is 7.69. The van der Waals surface area contributed by atoms with Crippen molar-refractivity contribution in [1.29, 1.82) is 0 Å². The van der Waals surface area contributed by atoms with Crippen LogP contribution in [0.4, 0.5) is 5.69 Å². The summed E-state index contributed by atoms with van der Waals surface area (Å²) in [5.74, 6) is -0.249. The Hall–Kier alpha value is -2.64. The van der Waals surface area contributed by atoms with Gasteiger partial charge < -0.3 is 4.74 Å². The van der Waals surface area contributed by atoms with Crippen molar-refractivity contribution in [2.75, 3.05) is 24.0 Å². The number of benzene rings is 2. The quantitative estimate of drug-likeness (QED) is 0.519. The topological polar surface area (TPSA) is 66.9 Å². The van der Waals surface area contributed by atoms with Crippen molar-refractivity contribution in [3.05, 3.63) is 71.3 Å². The first-order valence-corrected chi connectivity index (χ1v) is 12.6. The van der Waals surface area contributed by atoms with Crippen LogP contribution in [-0.4, -0.2) is 51.1 Å². The molecule has 1 unspecified atom stereocenters. The summed E-state index contributed by atoms with van der Waals surface area (Å²) in [5, 5.41) is 0. The van der Waals surface area contributed by atoms with E-state index in [9.17, 15) is 13.2 Å². The van der Waals surface area contributed by atoms with Gasteiger partial charge in [0.15, 0.2) is 0 Å². The van der Waals surface area contributed by atoms with Gasteiger partial charge >= 0.3 is 5.97 Å². The Kier molecular flexibility index (Phi) is 4.33. The number of nitrogens with zero attached hydrogens (tertiary/aromatic N) is 2. The molecule has 3 saturated heterocycles. The molecule has 0 saturated carbocycles. The number of aryl methyl sites for hydroxylation is 1. The SMILES string of the molecule is Cc1ccc(S(=O)(=O)N2c3ccccc3[C@]34CCN5CC(=CC[C@H]5[C@H]23)COC(=O)C4)cc1. The van der Waals surface area contributed by atoms with E-state index in [0.717, 1.165) is 42.6 Å². The molecule has 1 spiro atoms. The number of para-hydroxylation sites is 1. The molecule has 7 heteroatoms. The molecule has 0 aliphatic carbocycles. The average molecular weight is 451 g/mol. The van der Waals surface area contributed by atoms with Gasteiger partial charge in [0, 0.05) is 18.0 Å². The lowest BCUT2D eigenvalue weighted by molar-refractivity contribution is -0.146. The van der Waals surface area contributed by atoms with Gasteiger partial charge in [-0.1, -0.05) is 42.0 Å². The van der Waals surface area contributed by atoms with Crippen LogP contribution in [0.5, 0.6) is 0 Å². The highest BCUT2D eigenvalue weighted by molar-refractivity contribution is 7.93. The standard InChI is InChI=1S/C25H26N2O4S/c1-17-6-9-19(10-7-17)32(29,30)27-21-5-3-2-4-20(21)25-12-13-26-15-18(16-31-23(28)14-25)8-11-22(26)24(25)27/h2-10,22,24H,11-16H2,1H3/t22-,24-,25+/m0/s1. The van der Waals surface area contributed by atoms with Crippen molar-refractivity contribution in [1.82, 2.24) is 4.90 Å². The molecule has 32 heavy (non-hydrogen) atoms. The van der Waals surface area contributed by atoms with E-state index in [1.165, 1.54) is 0 Å². The molecule has 4 atom stereocenters. The van der Waals surface area contributed by atoms with Crippen LogP contribution >= 0.6 is 0 Å². The number of anilines is 1. The minimum Gasteiger partial charge on any atom is -0.461 e. The summed E-state index contributed by atoms with van der Waals surface area (Å²) in [4.78, 5) is 15.6. The van der Waals surface area contributed by atoms with Gasteiger partial charge in [0.2, 0.25) is 0 Å². The zero-order valence-corrected chi connectivity index (χ0v) is 18.8. The predicted molar refractivity (Wildman–Crippen MR) is 121 cm³/mol. The maximum atomic E-state index is 14.1. The number of carbonyl (C=O) groups is 1. The molecular weight excluding hydrogens is 424 g/mol. The average Bonchev–Trinajstić information content (AvgIpc) is 3.09. The molecule has 6 aliphatic rings. The lowest BCUT2D eigenvalue weighted by atomic mass is 9.65. The Morgan fingerprint density at radius 1 is 1.09 bits per heavy atom. The van der Waals surface area contributed by atoms with Crippen LogP contribution in [0, 0.1) is 6.92 Å². The molecule has 2 aromatic carbocycles. The molecule has 6 nitrogen and oxygen atoms in total. The molecular formula is C25H26N2O4S. The van der Waals surface area contributed by atoms with E-state index in [1.807, 2.05) is 43.3 Å². The summed E-state index contributed by atoms with van der Waals surface area (Å²) < 4.78 is 35.5. The predicted octanol–water partition coefficient (Wildman–Crippen LogP) is 3.16. The van der Waals surface area contributed by atoms with Crippen LogP contribution in [-0.2, 0) is 25.0 Å². The number of piperidine rings is 1. The molecule has 2 aromatic rings. The minimum absolute atomic E-state index is 0.0195. The number of sulfonamides is 1. The molecule has 0 aromatic heterocycles. The molecule has 3 fully saturated rings. The van der Waals surface area contributed by atoms with Gasteiger partial charge in [-0.15, -0.1) is 0 Å². The third kappa shape index (κ3) is 2.74. The summed E-state index contributed by atoms with van der Waals surface area (Å²) in [6.45, 7) is 3.84. The van der Waals surface area contributed by atoms with E-state index in [4.69, 9.17) is 4.74 Å². The monoisotopic (exact) mass is 450 g/mol. The molecule has 6 aliphatic heterocycles. The zero-order chi connectivity index (χ0) is 22.1. The number of esters is 1. The van der Waals surface area contributed by atoms with Gasteiger partial charge in [-0.05, 0) is 55.6 Å². The summed E-state index contributed by atoms with van der Waals surface area (Å²) >= 11 is 0. The number of ether oxygens (including phenoxy) is 1. The number of hydrogen-bond donors (Lipinski definition) is 0. The van der Waals surface area contributed by atoms with Gasteiger partial charge in [0.1, 0.15) is 6.61 Å². The second-order valence-corrected chi connectivity index (χ2v) is 11.3. The maximum Gasteiger partial charge on any atom is 0.307 e. The molecule has 6 heterocycles. The van der Waals surface area contributed by atoms with Gasteiger partial charge in [0.25, 0.3) is 10.0 Å². The summed E-state index contributed by atoms with van der Waals surface area (Å²) in [5.41, 5.74) is 3.18. The van der Waals surface area contributed by atoms with E-state index in [-0.39, 0.29) is 29.4 Å². The van der Waals surface area contributed by atoms with Gasteiger partial charge in [-0.2, -0.15) is 0 Å². The fraction of sp³-hybridized carbons (Fsp3) is 0.400. The van der Waals surface area contributed by atoms with Crippen molar-refractivity contribution in [3.8, 4) is 0 Å². The molecule has 0 amide bonds. The summed E-state index contributed by atoms with van der Waals surface area (Å²) in [6, 6.07) is 14.4. The van der Waals surface area contributed by atoms with Crippen molar-refractivity contribution < 1.29 is 17.9 Å². The van der Waals surface area contributed by atoms with Crippen LogP contribution in [0.1, 0.15) is 30.4 Å². The highest BCUT2D eigenvalue weighted by Crippen LogP contribution is 2.56. The Morgan fingerprint density at radius 2 is 1.88 bits per heavy atom. The maximum absolute atomic E-state index is 14.1. The minimum atomic E-state index is -3.83. The van der Waals surface area contributed by atoms with Crippen molar-refractivity contribution in [2.45, 2.75) is 48.6 Å². The lowest BCUT2D eigenvalue weighted by Gasteiger charge is -2.53. The fourth-order valence-corrected chi connectivity index (χ4v) is 7.97. The van der Waals surface area contributed by atoms with Crippen molar-refractivity contribution >= 4 is 21.7 Å². The third-order valence-corrected chi connectivity index (χ3v) is 9.50. The van der Waals surface area contributed by atoms with E-state index >= 15 is 0 Å². The second kappa shape index (κ2) is 6.93. The van der Waals surface area contributed by atoms with E-state index < -0.39 is 15.4 Å². The number of rotatable bonds is 2. The Morgan fingerprint density at radius 3 is 2.69 bits per heavy atom. The second-order valence-electron chi connectivity index (χ2n) is 9.46. The molecule has 0 N–H and O–H groups in total. The van der Waals surface area contributed by atoms with E-state index in [0.29, 0.717) is 12.3 Å². The normalized spacial score (nSPS) is 31.0. The largest absolute Gasteiger partial charge is 0.461 e. The highest BCUT2D eigenvalue weighted by Gasteiger charge is 2.61. The van der Waals surface area contributed by atoms with Crippen molar-refractivity contribution in [2.24, 2.45) is 0 Å². The highest BCUT2D eigenvalue weighted by atomic mass is 32.2. The number of fused-ring (bicyclic) bond motifs is 3.